The molecule has 7 heteroatoms. The second kappa shape index (κ2) is 7.48. The third-order valence-corrected chi connectivity index (χ3v) is 4.51. The molecular formula is C18H17BrN4O2. The van der Waals surface area contributed by atoms with Gasteiger partial charge in [-0.2, -0.15) is 5.10 Å². The average Bonchev–Trinajstić information content (AvgIpc) is 2.58. The Bertz CT molecular complexity index is 833. The molecule has 1 aliphatic rings. The number of urea groups is 1. The van der Waals surface area contributed by atoms with Gasteiger partial charge in [0, 0.05) is 22.5 Å². The van der Waals surface area contributed by atoms with Gasteiger partial charge in [-0.05, 0) is 45.8 Å². The van der Waals surface area contributed by atoms with Crippen LogP contribution in [0.25, 0.3) is 0 Å². The quantitative estimate of drug-likeness (QED) is 0.728. The first-order chi connectivity index (χ1) is 12.0. The van der Waals surface area contributed by atoms with Crippen LogP contribution < -0.4 is 16.1 Å². The molecule has 0 aliphatic carbocycles. The van der Waals surface area contributed by atoms with E-state index in [1.165, 1.54) is 0 Å². The fraction of sp³-hybridized carbons (Fsp3) is 0.167. The zero-order valence-corrected chi connectivity index (χ0v) is 15.1. The fourth-order valence-electron chi connectivity index (χ4n) is 2.57. The van der Waals surface area contributed by atoms with E-state index in [1.54, 1.807) is 12.1 Å². The maximum absolute atomic E-state index is 12.1. The predicted octanol–water partition coefficient (Wildman–Crippen LogP) is 3.95. The lowest BCUT2D eigenvalue weighted by Gasteiger charge is -2.19. The predicted molar refractivity (Wildman–Crippen MR) is 102 cm³/mol. The van der Waals surface area contributed by atoms with Gasteiger partial charge in [0.15, 0.2) is 0 Å². The molecule has 0 bridgehead atoms. The monoisotopic (exact) mass is 400 g/mol. The number of nitrogens with zero attached hydrogens (tertiary/aromatic N) is 1. The first-order valence-electron chi connectivity index (χ1n) is 7.82. The van der Waals surface area contributed by atoms with E-state index in [0.29, 0.717) is 17.8 Å². The van der Waals surface area contributed by atoms with Crippen LogP contribution >= 0.6 is 15.9 Å². The van der Waals surface area contributed by atoms with Gasteiger partial charge in [-0.25, -0.2) is 10.2 Å². The third-order valence-electron chi connectivity index (χ3n) is 3.82. The molecule has 1 atom stereocenters. The first kappa shape index (κ1) is 17.2. The van der Waals surface area contributed by atoms with E-state index < -0.39 is 0 Å². The smallest absolute Gasteiger partial charge is 0.308 e. The van der Waals surface area contributed by atoms with Crippen molar-refractivity contribution in [2.75, 3.05) is 10.6 Å². The van der Waals surface area contributed by atoms with E-state index in [-0.39, 0.29) is 17.9 Å². The Balaban J connectivity index is 1.66. The Labute approximate surface area is 153 Å². The van der Waals surface area contributed by atoms with Crippen molar-refractivity contribution in [1.82, 2.24) is 5.43 Å². The molecule has 0 radical (unpaired) electrons. The van der Waals surface area contributed by atoms with Crippen LogP contribution in [0.2, 0.25) is 0 Å². The molecule has 6 nitrogen and oxygen atoms in total. The average molecular weight is 401 g/mol. The minimum atomic E-state index is -0.324. The molecule has 2 aromatic carbocycles. The van der Waals surface area contributed by atoms with Crippen LogP contribution in [0.4, 0.5) is 16.2 Å². The lowest BCUT2D eigenvalue weighted by Crippen LogP contribution is -2.31. The number of anilines is 2. The summed E-state index contributed by atoms with van der Waals surface area (Å²) >= 11 is 3.39. The van der Waals surface area contributed by atoms with E-state index >= 15 is 0 Å². The summed E-state index contributed by atoms with van der Waals surface area (Å²) in [6, 6.07) is 14.4. The van der Waals surface area contributed by atoms with Gasteiger partial charge in [0.05, 0.1) is 11.4 Å². The van der Waals surface area contributed by atoms with Crippen molar-refractivity contribution in [2.45, 2.75) is 13.3 Å². The lowest BCUT2D eigenvalue weighted by molar-refractivity contribution is -0.121. The van der Waals surface area contributed by atoms with Crippen LogP contribution in [0.5, 0.6) is 0 Å². The Morgan fingerprint density at radius 2 is 1.88 bits per heavy atom. The van der Waals surface area contributed by atoms with E-state index in [4.69, 9.17) is 0 Å². The molecule has 0 saturated carbocycles. The third kappa shape index (κ3) is 4.24. The van der Waals surface area contributed by atoms with Crippen molar-refractivity contribution in [3.05, 3.63) is 58.6 Å². The number of nitrogens with one attached hydrogen (secondary N) is 3. The number of carbonyl (C=O) groups is 2. The summed E-state index contributed by atoms with van der Waals surface area (Å²) < 4.78 is 0.812. The largest absolute Gasteiger partial charge is 0.323 e. The lowest BCUT2D eigenvalue weighted by atomic mass is 9.94. The van der Waals surface area contributed by atoms with Crippen LogP contribution in [-0.4, -0.2) is 17.6 Å². The number of hydrazone groups is 1. The number of halogens is 1. The maximum Gasteiger partial charge on any atom is 0.323 e. The SMILES string of the molecule is CC1CC(=O)NN=C1c1ccc(NC(=O)Nc2ccccc2Br)cc1. The second-order valence-corrected chi connectivity index (χ2v) is 6.63. The summed E-state index contributed by atoms with van der Waals surface area (Å²) in [5.41, 5.74) is 5.62. The Morgan fingerprint density at radius 1 is 1.16 bits per heavy atom. The fourth-order valence-corrected chi connectivity index (χ4v) is 2.96. The van der Waals surface area contributed by atoms with Crippen LogP contribution in [0, 0.1) is 5.92 Å². The highest BCUT2D eigenvalue weighted by atomic mass is 79.9. The summed E-state index contributed by atoms with van der Waals surface area (Å²) in [5.74, 6) is -0.00966. The molecule has 0 fully saturated rings. The van der Waals surface area contributed by atoms with Gasteiger partial charge in [0.2, 0.25) is 5.91 Å². The van der Waals surface area contributed by atoms with Crippen molar-refractivity contribution in [3.63, 3.8) is 0 Å². The van der Waals surface area contributed by atoms with Crippen LogP contribution in [0.15, 0.2) is 58.1 Å². The molecule has 1 aliphatic heterocycles. The number of hydrogen-bond donors (Lipinski definition) is 3. The number of rotatable bonds is 3. The van der Waals surface area contributed by atoms with Crippen molar-refractivity contribution < 1.29 is 9.59 Å². The van der Waals surface area contributed by atoms with Gasteiger partial charge < -0.3 is 10.6 Å². The van der Waals surface area contributed by atoms with Crippen molar-refractivity contribution >= 4 is 45.0 Å². The topological polar surface area (TPSA) is 82.6 Å². The molecule has 0 aromatic heterocycles. The van der Waals surface area contributed by atoms with E-state index in [1.807, 2.05) is 43.3 Å². The Hall–Kier alpha value is -2.67. The standard InChI is InChI=1S/C18H17BrN4O2/c1-11-10-16(24)22-23-17(11)12-6-8-13(9-7-12)20-18(25)21-15-5-3-2-4-14(15)19/h2-9,11H,10H2,1H3,(H,22,24)(H2,20,21,25). The normalized spacial score (nSPS) is 16.6. The minimum Gasteiger partial charge on any atom is -0.308 e. The summed E-state index contributed by atoms with van der Waals surface area (Å²) in [4.78, 5) is 23.4. The first-order valence-corrected chi connectivity index (χ1v) is 8.61. The van der Waals surface area contributed by atoms with Gasteiger partial charge >= 0.3 is 6.03 Å². The van der Waals surface area contributed by atoms with Crippen LogP contribution in [-0.2, 0) is 4.79 Å². The molecule has 0 saturated heterocycles. The highest BCUT2D eigenvalue weighted by molar-refractivity contribution is 9.10. The zero-order valence-electron chi connectivity index (χ0n) is 13.5. The highest BCUT2D eigenvalue weighted by Gasteiger charge is 2.21. The zero-order chi connectivity index (χ0) is 17.8. The van der Waals surface area contributed by atoms with Gasteiger partial charge in [-0.3, -0.25) is 4.79 Å². The van der Waals surface area contributed by atoms with Crippen LogP contribution in [0.1, 0.15) is 18.9 Å². The van der Waals surface area contributed by atoms with E-state index in [2.05, 4.69) is 37.1 Å². The van der Waals surface area contributed by atoms with E-state index in [0.717, 1.165) is 15.7 Å². The molecule has 0 spiro atoms. The molecule has 3 rings (SSSR count). The van der Waals surface area contributed by atoms with Crippen molar-refractivity contribution in [2.24, 2.45) is 11.0 Å². The molecule has 128 valence electrons. The molecule has 1 unspecified atom stereocenters. The van der Waals surface area contributed by atoms with Gasteiger partial charge in [-0.15, -0.1) is 0 Å². The minimum absolute atomic E-state index is 0.0614. The molecule has 2 aromatic rings. The van der Waals surface area contributed by atoms with Crippen molar-refractivity contribution in [1.29, 1.82) is 0 Å². The van der Waals surface area contributed by atoms with E-state index in [9.17, 15) is 9.59 Å². The van der Waals surface area contributed by atoms with Crippen LogP contribution in [0.3, 0.4) is 0 Å². The molecular weight excluding hydrogens is 384 g/mol. The number of amides is 3. The number of hydrogen-bond acceptors (Lipinski definition) is 3. The number of para-hydroxylation sites is 1. The van der Waals surface area contributed by atoms with Gasteiger partial charge in [0.25, 0.3) is 0 Å². The molecule has 3 N–H and O–H groups in total. The summed E-state index contributed by atoms with van der Waals surface area (Å²) in [7, 11) is 0. The summed E-state index contributed by atoms with van der Waals surface area (Å²) in [5, 5.41) is 9.70. The Kier molecular flexibility index (Phi) is 5.14. The maximum atomic E-state index is 12.1. The summed E-state index contributed by atoms with van der Waals surface area (Å²) in [6.45, 7) is 1.97. The summed E-state index contributed by atoms with van der Waals surface area (Å²) in [6.07, 6.45) is 0.424. The molecule has 3 amide bonds. The highest BCUT2D eigenvalue weighted by Crippen LogP contribution is 2.22. The Morgan fingerprint density at radius 3 is 2.56 bits per heavy atom. The van der Waals surface area contributed by atoms with Crippen molar-refractivity contribution in [3.8, 4) is 0 Å². The van der Waals surface area contributed by atoms with Gasteiger partial charge in [0.1, 0.15) is 0 Å². The number of carbonyl (C=O) groups excluding carboxylic acids is 2. The van der Waals surface area contributed by atoms with Gasteiger partial charge in [-0.1, -0.05) is 31.2 Å². The number of benzene rings is 2. The molecule has 25 heavy (non-hydrogen) atoms. The molecule has 1 heterocycles. The second-order valence-electron chi connectivity index (χ2n) is 5.77.